The van der Waals surface area contributed by atoms with Gasteiger partial charge < -0.3 is 15.8 Å². The quantitative estimate of drug-likeness (QED) is 0.818. The highest BCUT2D eigenvalue weighted by Crippen LogP contribution is 2.31. The predicted molar refractivity (Wildman–Crippen MR) is 90.5 cm³/mol. The number of benzene rings is 1. The van der Waals surface area contributed by atoms with E-state index in [4.69, 9.17) is 10.5 Å². The summed E-state index contributed by atoms with van der Waals surface area (Å²) in [6.07, 6.45) is 1.73. The molecule has 1 saturated heterocycles. The maximum absolute atomic E-state index is 12.6. The maximum atomic E-state index is 12.6. The summed E-state index contributed by atoms with van der Waals surface area (Å²) in [5, 5.41) is 2.61. The van der Waals surface area contributed by atoms with E-state index in [0.29, 0.717) is 18.8 Å². The van der Waals surface area contributed by atoms with E-state index in [1.807, 2.05) is 0 Å². The third-order valence-corrected chi connectivity index (χ3v) is 5.47. The van der Waals surface area contributed by atoms with Gasteiger partial charge in [-0.2, -0.15) is 4.31 Å². The van der Waals surface area contributed by atoms with Gasteiger partial charge in [-0.3, -0.25) is 4.79 Å². The van der Waals surface area contributed by atoms with Crippen molar-refractivity contribution in [2.75, 3.05) is 25.5 Å². The molecule has 7 nitrogen and oxygen atoms in total. The lowest BCUT2D eigenvalue weighted by atomic mass is 10.2. The average molecular weight is 364 g/mol. The van der Waals surface area contributed by atoms with Crippen LogP contribution in [-0.4, -0.2) is 44.9 Å². The van der Waals surface area contributed by atoms with Crippen LogP contribution in [0.5, 0.6) is 5.75 Å². The summed E-state index contributed by atoms with van der Waals surface area (Å²) >= 11 is 0. The van der Waals surface area contributed by atoms with Crippen molar-refractivity contribution in [3.63, 3.8) is 0 Å². The number of nitrogens with two attached hydrogens (primary N) is 1. The molecule has 9 heteroatoms. The van der Waals surface area contributed by atoms with Crippen LogP contribution in [0.2, 0.25) is 0 Å². The zero-order chi connectivity index (χ0) is 16.3. The maximum Gasteiger partial charge on any atom is 0.246 e. The molecule has 0 aliphatic carbocycles. The SMILES string of the molecule is COc1cc(NC(=O)[C@H](C)N)ccc1S(=O)(=O)N1CCCC1.Cl. The summed E-state index contributed by atoms with van der Waals surface area (Å²) in [5.74, 6) is -0.147. The van der Waals surface area contributed by atoms with Crippen molar-refractivity contribution in [3.05, 3.63) is 18.2 Å². The zero-order valence-corrected chi connectivity index (χ0v) is 14.7. The van der Waals surface area contributed by atoms with Crippen LogP contribution in [0.15, 0.2) is 23.1 Å². The standard InChI is InChI=1S/C14H21N3O4S.ClH/c1-10(15)14(18)16-11-5-6-13(12(9-11)21-2)22(19,20)17-7-3-4-8-17;/h5-6,9-10H,3-4,7-8,15H2,1-2H3,(H,16,18);1H/t10-;/m0./s1. The number of methoxy groups -OCH3 is 1. The minimum Gasteiger partial charge on any atom is -0.495 e. The smallest absolute Gasteiger partial charge is 0.246 e. The van der Waals surface area contributed by atoms with Crippen LogP contribution >= 0.6 is 12.4 Å². The van der Waals surface area contributed by atoms with Gasteiger partial charge in [0.15, 0.2) is 0 Å². The lowest BCUT2D eigenvalue weighted by molar-refractivity contribution is -0.117. The molecule has 0 aromatic heterocycles. The Kier molecular flexibility index (Phi) is 6.82. The van der Waals surface area contributed by atoms with Gasteiger partial charge >= 0.3 is 0 Å². The average Bonchev–Trinajstić information content (AvgIpc) is 3.01. The van der Waals surface area contributed by atoms with Gasteiger partial charge in [-0.1, -0.05) is 0 Å². The lowest BCUT2D eigenvalue weighted by Gasteiger charge is -2.18. The predicted octanol–water partition coefficient (Wildman–Crippen LogP) is 1.19. The van der Waals surface area contributed by atoms with E-state index >= 15 is 0 Å². The number of ether oxygens (including phenoxy) is 1. The van der Waals surface area contributed by atoms with Gasteiger partial charge in [-0.25, -0.2) is 8.42 Å². The van der Waals surface area contributed by atoms with E-state index in [9.17, 15) is 13.2 Å². The molecule has 1 atom stereocenters. The molecule has 1 aromatic rings. The first-order valence-electron chi connectivity index (χ1n) is 7.11. The molecule has 23 heavy (non-hydrogen) atoms. The molecule has 1 heterocycles. The Morgan fingerprint density at radius 1 is 1.35 bits per heavy atom. The summed E-state index contributed by atoms with van der Waals surface area (Å²) < 4.78 is 31.8. The number of nitrogens with one attached hydrogen (secondary N) is 1. The van der Waals surface area contributed by atoms with Gasteiger partial charge in [-0.05, 0) is 31.9 Å². The molecule has 1 aromatic carbocycles. The lowest BCUT2D eigenvalue weighted by Crippen LogP contribution is -2.32. The van der Waals surface area contributed by atoms with Crippen LogP contribution in [0, 0.1) is 0 Å². The van der Waals surface area contributed by atoms with Gasteiger partial charge in [0.25, 0.3) is 0 Å². The van der Waals surface area contributed by atoms with Crippen LogP contribution < -0.4 is 15.8 Å². The Morgan fingerprint density at radius 3 is 2.48 bits per heavy atom. The van der Waals surface area contributed by atoms with Crippen LogP contribution in [0.25, 0.3) is 0 Å². The highest BCUT2D eigenvalue weighted by atomic mass is 35.5. The van der Waals surface area contributed by atoms with Gasteiger partial charge in [0.05, 0.1) is 13.2 Å². The molecule has 3 N–H and O–H groups in total. The van der Waals surface area contributed by atoms with E-state index in [1.54, 1.807) is 6.92 Å². The van der Waals surface area contributed by atoms with Crippen molar-refractivity contribution >= 4 is 34.0 Å². The summed E-state index contributed by atoms with van der Waals surface area (Å²) in [4.78, 5) is 11.7. The summed E-state index contributed by atoms with van der Waals surface area (Å²) in [7, 11) is -2.17. The number of nitrogens with zero attached hydrogens (tertiary/aromatic N) is 1. The fourth-order valence-corrected chi connectivity index (χ4v) is 3.94. The number of sulfonamides is 1. The van der Waals surface area contributed by atoms with E-state index in [2.05, 4.69) is 5.32 Å². The summed E-state index contributed by atoms with van der Waals surface area (Å²) in [6.45, 7) is 2.61. The number of amides is 1. The minimum atomic E-state index is -3.57. The third-order valence-electron chi connectivity index (χ3n) is 3.53. The van der Waals surface area contributed by atoms with Crippen LogP contribution in [0.3, 0.4) is 0 Å². The van der Waals surface area contributed by atoms with E-state index < -0.39 is 16.1 Å². The first-order valence-corrected chi connectivity index (χ1v) is 8.55. The molecule has 130 valence electrons. The second-order valence-corrected chi connectivity index (χ2v) is 7.16. The number of hydrogen-bond donors (Lipinski definition) is 2. The number of hydrogen-bond acceptors (Lipinski definition) is 5. The van der Waals surface area contributed by atoms with E-state index in [0.717, 1.165) is 12.8 Å². The highest BCUT2D eigenvalue weighted by molar-refractivity contribution is 7.89. The molecule has 0 saturated carbocycles. The Hall–Kier alpha value is -1.35. The second kappa shape index (κ2) is 7.96. The number of halogens is 1. The van der Waals surface area contributed by atoms with Crippen molar-refractivity contribution in [1.82, 2.24) is 4.31 Å². The van der Waals surface area contributed by atoms with Crippen molar-refractivity contribution in [3.8, 4) is 5.75 Å². The number of carbonyl (C=O) groups excluding carboxylic acids is 1. The number of carbonyl (C=O) groups is 1. The number of anilines is 1. The molecular weight excluding hydrogens is 342 g/mol. The van der Waals surface area contributed by atoms with Crippen molar-refractivity contribution < 1.29 is 17.9 Å². The number of rotatable bonds is 5. The molecule has 0 unspecified atom stereocenters. The normalized spacial score (nSPS) is 16.5. The summed E-state index contributed by atoms with van der Waals surface area (Å²) in [5.41, 5.74) is 5.93. The molecule has 0 spiro atoms. The van der Waals surface area contributed by atoms with Gasteiger partial charge in [0.1, 0.15) is 10.6 Å². The second-order valence-electron chi connectivity index (χ2n) is 5.25. The molecule has 1 aliphatic heterocycles. The van der Waals surface area contributed by atoms with E-state index in [-0.39, 0.29) is 29.0 Å². The Morgan fingerprint density at radius 2 is 1.96 bits per heavy atom. The first-order chi connectivity index (χ1) is 10.4. The Labute approximate surface area is 142 Å². The summed E-state index contributed by atoms with van der Waals surface area (Å²) in [6, 6.07) is 3.82. The zero-order valence-electron chi connectivity index (χ0n) is 13.1. The largest absolute Gasteiger partial charge is 0.495 e. The van der Waals surface area contributed by atoms with Crippen molar-refractivity contribution in [2.24, 2.45) is 5.73 Å². The topological polar surface area (TPSA) is 102 Å². The first kappa shape index (κ1) is 19.7. The fraction of sp³-hybridized carbons (Fsp3) is 0.500. The van der Waals surface area contributed by atoms with Crippen molar-refractivity contribution in [1.29, 1.82) is 0 Å². The Bertz CT molecular complexity index is 658. The molecule has 1 aliphatic rings. The van der Waals surface area contributed by atoms with Crippen molar-refractivity contribution in [2.45, 2.75) is 30.7 Å². The molecule has 1 fully saturated rings. The molecule has 1 amide bonds. The Balaban J connectivity index is 0.00000264. The van der Waals surface area contributed by atoms with Crippen LogP contribution in [-0.2, 0) is 14.8 Å². The monoisotopic (exact) mass is 363 g/mol. The molecule has 0 bridgehead atoms. The van der Waals surface area contributed by atoms with Gasteiger partial charge in [0.2, 0.25) is 15.9 Å². The molecule has 2 rings (SSSR count). The molecule has 0 radical (unpaired) electrons. The molecular formula is C14H22ClN3O4S. The minimum absolute atomic E-state index is 0. The van der Waals surface area contributed by atoms with Crippen LogP contribution in [0.4, 0.5) is 5.69 Å². The third kappa shape index (κ3) is 4.35. The van der Waals surface area contributed by atoms with Gasteiger partial charge in [-0.15, -0.1) is 12.4 Å². The highest BCUT2D eigenvalue weighted by Gasteiger charge is 2.30. The van der Waals surface area contributed by atoms with E-state index in [1.165, 1.54) is 29.6 Å². The van der Waals surface area contributed by atoms with Crippen LogP contribution in [0.1, 0.15) is 19.8 Å². The fourth-order valence-electron chi connectivity index (χ4n) is 2.28. The van der Waals surface area contributed by atoms with Gasteiger partial charge in [0, 0.05) is 24.8 Å².